The topological polar surface area (TPSA) is 35.5 Å². The molecule has 0 amide bonds. The molecule has 19 heavy (non-hydrogen) atoms. The van der Waals surface area contributed by atoms with Gasteiger partial charge >= 0.3 is 5.97 Å². The normalized spacial score (nSPS) is 11.4. The van der Waals surface area contributed by atoms with Gasteiger partial charge in [0.25, 0.3) is 0 Å². The zero-order valence-electron chi connectivity index (χ0n) is 11.1. The number of ether oxygens (including phenoxy) is 2. The summed E-state index contributed by atoms with van der Waals surface area (Å²) in [5.74, 6) is 0.339. The fourth-order valence-electron chi connectivity index (χ4n) is 1.69. The Bertz CT molecular complexity index is 614. The van der Waals surface area contributed by atoms with Crippen LogP contribution in [0.4, 0.5) is 0 Å². The fraction of sp³-hybridized carbons (Fsp3) is 0.188. The quantitative estimate of drug-likeness (QED) is 0.475. The first-order valence-corrected chi connectivity index (χ1v) is 6.20. The van der Waals surface area contributed by atoms with Crippen molar-refractivity contribution in [3.05, 3.63) is 54.3 Å². The minimum Gasteiger partial charge on any atom is -0.464 e. The Kier molecular flexibility index (Phi) is 4.18. The molecule has 3 heteroatoms. The molecule has 0 atom stereocenters. The highest BCUT2D eigenvalue weighted by molar-refractivity contribution is 5.87. The van der Waals surface area contributed by atoms with E-state index < -0.39 is 0 Å². The summed E-state index contributed by atoms with van der Waals surface area (Å²) in [6, 6.07) is 13.8. The number of carbonyl (C=O) groups excluding carboxylic acids is 1. The summed E-state index contributed by atoms with van der Waals surface area (Å²) in [6.45, 7) is 3.80. The molecule has 0 spiro atoms. The van der Waals surface area contributed by atoms with Crippen molar-refractivity contribution in [3.63, 3.8) is 0 Å². The molecule has 0 fully saturated rings. The summed E-state index contributed by atoms with van der Waals surface area (Å²) in [5, 5.41) is 2.25. The van der Waals surface area contributed by atoms with Crippen LogP contribution in [0.1, 0.15) is 13.8 Å². The van der Waals surface area contributed by atoms with Gasteiger partial charge in [-0.25, -0.2) is 4.79 Å². The summed E-state index contributed by atoms with van der Waals surface area (Å²) >= 11 is 0. The molecule has 0 heterocycles. The van der Waals surface area contributed by atoms with Gasteiger partial charge in [0.05, 0.1) is 12.2 Å². The molecule has 0 aliphatic heterocycles. The van der Waals surface area contributed by atoms with Gasteiger partial charge in [0.2, 0.25) is 0 Å². The summed E-state index contributed by atoms with van der Waals surface area (Å²) in [5.41, 5.74) is 0.440. The highest BCUT2D eigenvalue weighted by Gasteiger charge is 2.04. The number of rotatable bonds is 4. The summed E-state index contributed by atoms with van der Waals surface area (Å²) in [6.07, 6.45) is 1.42. The van der Waals surface area contributed by atoms with Crippen LogP contribution in [0.5, 0.6) is 5.75 Å². The fourth-order valence-corrected chi connectivity index (χ4v) is 1.69. The maximum atomic E-state index is 11.4. The number of esters is 1. The SMILES string of the molecule is CCOC(=O)C(C)=COc1ccc2ccccc2c1. The summed E-state index contributed by atoms with van der Waals surface area (Å²) < 4.78 is 10.4. The van der Waals surface area contributed by atoms with E-state index in [1.54, 1.807) is 13.8 Å². The van der Waals surface area contributed by atoms with E-state index in [0.29, 0.717) is 17.9 Å². The van der Waals surface area contributed by atoms with Crippen molar-refractivity contribution in [2.24, 2.45) is 0 Å². The van der Waals surface area contributed by atoms with Crippen molar-refractivity contribution in [2.75, 3.05) is 6.61 Å². The molecule has 0 radical (unpaired) electrons. The molecule has 0 aromatic heterocycles. The number of carbonyl (C=O) groups is 1. The monoisotopic (exact) mass is 256 g/mol. The predicted molar refractivity (Wildman–Crippen MR) is 75.0 cm³/mol. The molecule has 0 N–H and O–H groups in total. The van der Waals surface area contributed by atoms with Crippen LogP contribution in [0, 0.1) is 0 Å². The molecule has 0 saturated carbocycles. The Morgan fingerprint density at radius 1 is 1.16 bits per heavy atom. The van der Waals surface area contributed by atoms with Gasteiger partial charge in [-0.3, -0.25) is 0 Å². The zero-order chi connectivity index (χ0) is 13.7. The van der Waals surface area contributed by atoms with Gasteiger partial charge in [0.15, 0.2) is 0 Å². The third-order valence-electron chi connectivity index (χ3n) is 2.69. The van der Waals surface area contributed by atoms with E-state index in [-0.39, 0.29) is 5.97 Å². The number of fused-ring (bicyclic) bond motifs is 1. The average Bonchev–Trinajstić information content (AvgIpc) is 2.44. The van der Waals surface area contributed by atoms with Gasteiger partial charge in [-0.15, -0.1) is 0 Å². The largest absolute Gasteiger partial charge is 0.464 e. The Balaban J connectivity index is 2.13. The first-order chi connectivity index (χ1) is 9.20. The van der Waals surface area contributed by atoms with Crippen LogP contribution in [0.2, 0.25) is 0 Å². The highest BCUT2D eigenvalue weighted by atomic mass is 16.5. The molecular weight excluding hydrogens is 240 g/mol. The van der Waals surface area contributed by atoms with Crippen LogP contribution < -0.4 is 4.74 Å². The van der Waals surface area contributed by atoms with E-state index in [0.717, 1.165) is 10.8 Å². The molecule has 2 aromatic rings. The van der Waals surface area contributed by atoms with Gasteiger partial charge in [-0.2, -0.15) is 0 Å². The van der Waals surface area contributed by atoms with Crippen molar-refractivity contribution in [1.29, 1.82) is 0 Å². The van der Waals surface area contributed by atoms with E-state index in [1.807, 2.05) is 42.5 Å². The van der Waals surface area contributed by atoms with Crippen LogP contribution in [0.3, 0.4) is 0 Å². The second-order valence-corrected chi connectivity index (χ2v) is 4.15. The lowest BCUT2D eigenvalue weighted by Gasteiger charge is -2.05. The Hall–Kier alpha value is -2.29. The van der Waals surface area contributed by atoms with E-state index in [1.165, 1.54) is 6.26 Å². The lowest BCUT2D eigenvalue weighted by atomic mass is 10.1. The lowest BCUT2D eigenvalue weighted by molar-refractivity contribution is -0.138. The Morgan fingerprint density at radius 2 is 1.89 bits per heavy atom. The number of hydrogen-bond donors (Lipinski definition) is 0. The predicted octanol–water partition coefficient (Wildman–Crippen LogP) is 3.69. The van der Waals surface area contributed by atoms with E-state index >= 15 is 0 Å². The molecular formula is C16H16O3. The van der Waals surface area contributed by atoms with Crippen molar-refractivity contribution >= 4 is 16.7 Å². The van der Waals surface area contributed by atoms with Gasteiger partial charge in [0, 0.05) is 0 Å². The molecule has 3 nitrogen and oxygen atoms in total. The van der Waals surface area contributed by atoms with Crippen LogP contribution in [0.25, 0.3) is 10.8 Å². The first kappa shape index (κ1) is 13.1. The average molecular weight is 256 g/mol. The van der Waals surface area contributed by atoms with Gasteiger partial charge in [-0.1, -0.05) is 30.3 Å². The Labute approximate surface area is 112 Å². The van der Waals surface area contributed by atoms with Crippen LogP contribution in [-0.2, 0) is 9.53 Å². The molecule has 2 aromatic carbocycles. The standard InChI is InChI=1S/C16H16O3/c1-3-18-16(17)12(2)11-19-15-9-8-13-6-4-5-7-14(13)10-15/h4-11H,3H2,1-2H3. The smallest absolute Gasteiger partial charge is 0.336 e. The van der Waals surface area contributed by atoms with Gasteiger partial charge < -0.3 is 9.47 Å². The summed E-state index contributed by atoms with van der Waals surface area (Å²) in [7, 11) is 0. The van der Waals surface area contributed by atoms with E-state index in [2.05, 4.69) is 0 Å². The van der Waals surface area contributed by atoms with Crippen molar-refractivity contribution in [2.45, 2.75) is 13.8 Å². The minimum atomic E-state index is -0.358. The van der Waals surface area contributed by atoms with E-state index in [9.17, 15) is 4.79 Å². The molecule has 0 unspecified atom stereocenters. The van der Waals surface area contributed by atoms with Crippen molar-refractivity contribution in [3.8, 4) is 5.75 Å². The molecule has 0 saturated heterocycles. The zero-order valence-corrected chi connectivity index (χ0v) is 11.1. The molecule has 98 valence electrons. The first-order valence-electron chi connectivity index (χ1n) is 6.20. The molecule has 0 aliphatic rings. The van der Waals surface area contributed by atoms with Gasteiger partial charge in [0.1, 0.15) is 12.0 Å². The third kappa shape index (κ3) is 3.35. The van der Waals surface area contributed by atoms with Crippen LogP contribution in [0.15, 0.2) is 54.3 Å². The second kappa shape index (κ2) is 6.05. The minimum absolute atomic E-state index is 0.358. The third-order valence-corrected chi connectivity index (χ3v) is 2.69. The summed E-state index contributed by atoms with van der Waals surface area (Å²) in [4.78, 5) is 11.4. The number of benzene rings is 2. The lowest BCUT2D eigenvalue weighted by Crippen LogP contribution is -2.06. The molecule has 0 aliphatic carbocycles. The maximum absolute atomic E-state index is 11.4. The van der Waals surface area contributed by atoms with Crippen molar-refractivity contribution in [1.82, 2.24) is 0 Å². The van der Waals surface area contributed by atoms with Gasteiger partial charge in [-0.05, 0) is 36.8 Å². The maximum Gasteiger partial charge on any atom is 0.336 e. The van der Waals surface area contributed by atoms with Crippen LogP contribution in [-0.4, -0.2) is 12.6 Å². The van der Waals surface area contributed by atoms with Crippen LogP contribution >= 0.6 is 0 Å². The molecule has 0 bridgehead atoms. The van der Waals surface area contributed by atoms with Crippen molar-refractivity contribution < 1.29 is 14.3 Å². The molecule has 2 rings (SSSR count). The Morgan fingerprint density at radius 3 is 2.63 bits per heavy atom. The highest BCUT2D eigenvalue weighted by Crippen LogP contribution is 2.20. The number of hydrogen-bond acceptors (Lipinski definition) is 3. The van der Waals surface area contributed by atoms with E-state index in [4.69, 9.17) is 9.47 Å². The second-order valence-electron chi connectivity index (χ2n) is 4.15.